The van der Waals surface area contributed by atoms with E-state index in [0.29, 0.717) is 47.3 Å². The lowest BCUT2D eigenvalue weighted by molar-refractivity contribution is -0.0590. The predicted molar refractivity (Wildman–Crippen MR) is 431 cm³/mol. The van der Waals surface area contributed by atoms with Crippen molar-refractivity contribution in [2.75, 3.05) is 0 Å². The second-order valence-corrected chi connectivity index (χ2v) is 39.1. The Bertz CT molecular complexity index is 3950. The maximum atomic E-state index is 5.74. The van der Waals surface area contributed by atoms with Gasteiger partial charge in [-0.15, -0.1) is 0 Å². The molecule has 13 heterocycles. The average molecular weight is 1520 g/mol. The fraction of sp³-hybridized carbons (Fsp3) is 0.727. The van der Waals surface area contributed by atoms with Crippen LogP contribution in [-0.2, 0) is 0 Å². The molecule has 8 aliphatic carbocycles. The fourth-order valence-electron chi connectivity index (χ4n) is 29.7. The number of nitrogens with one attached hydrogen (secondary N) is 8. The van der Waals surface area contributed by atoms with Crippen molar-refractivity contribution in [3.8, 4) is 0 Å². The van der Waals surface area contributed by atoms with Gasteiger partial charge in [0.2, 0.25) is 0 Å². The number of fused-ring (bicyclic) bond motifs is 24. The van der Waals surface area contributed by atoms with Crippen LogP contribution in [0.1, 0.15) is 242 Å². The smallest absolute Gasteiger partial charge is 0.0650 e. The Labute approximate surface area is 662 Å². The van der Waals surface area contributed by atoms with Gasteiger partial charge in [0.1, 0.15) is 0 Å². The van der Waals surface area contributed by atoms with Crippen LogP contribution in [0.3, 0.4) is 0 Å². The minimum Gasteiger partial charge on any atom is -0.286 e. The Morgan fingerprint density at radius 3 is 0.384 bits per heavy atom. The first-order valence-electron chi connectivity index (χ1n) is 44.4. The molecule has 13 aliphatic rings. The lowest BCUT2D eigenvalue weighted by atomic mass is 9.56. The molecule has 8 aromatic rings. The molecule has 24 unspecified atom stereocenters. The number of rotatable bonds is 8. The topological polar surface area (TPSA) is 239 Å². The lowest BCUT2D eigenvalue weighted by Gasteiger charge is -2.55. The van der Waals surface area contributed by atoms with Gasteiger partial charge < -0.3 is 0 Å². The van der Waals surface area contributed by atoms with Crippen molar-refractivity contribution >= 4 is 0 Å². The maximum absolute atomic E-state index is 5.74. The van der Waals surface area contributed by atoms with E-state index < -0.39 is 0 Å². The van der Waals surface area contributed by atoms with Crippen molar-refractivity contribution in [2.45, 2.75) is 311 Å². The Balaban J connectivity index is 0.834. The summed E-state index contributed by atoms with van der Waals surface area (Å²) in [4.78, 5) is 0. The van der Waals surface area contributed by atoms with Gasteiger partial charge in [-0.2, -0.15) is 40.8 Å². The van der Waals surface area contributed by atoms with Crippen LogP contribution in [0.5, 0.6) is 0 Å². The van der Waals surface area contributed by atoms with E-state index in [1.165, 1.54) is 96.9 Å². The third-order valence-corrected chi connectivity index (χ3v) is 32.5. The highest BCUT2D eigenvalue weighted by atomic mass is 15.5. The monoisotopic (exact) mass is 1520 g/mol. The molecule has 5 aliphatic heterocycles. The standard InChI is InChI=1S/C88H128N24/c1-41-33-49(9)105(97-41)73-57-25-17-18-26-58(57)74(106-50(10)34-42(2)98-106)66-65(73)81-89-82(66)94-84-69-70(78(110-54(14)38-46(6)102-110)62-30-22-21-29-61(62)77(69)109-53(13)37-45(5)101-109)86(91-84)96-88-72-71(79(111-55(15)39-47(7)103-111)63-31-23-24-32-64(63)80(72)112-56(16)40-48(8)104-112)87(92-88)95-85-68-67(83(90-85)93-81)75(107-51(11)35-43(3)99-107)59-27-19-20-28-60(59)76(68)108-52(12)36-44(4)100-108/h33-40,57-96H,17-32H2,1-16H3. The third-order valence-electron chi connectivity index (χ3n) is 32.5. The number of aromatic nitrogens is 16. The highest BCUT2D eigenvalue weighted by Crippen LogP contribution is 2.66. The molecule has 13 fully saturated rings. The average Bonchev–Trinajstić information content (AvgIpc) is 1.53. The van der Waals surface area contributed by atoms with E-state index >= 15 is 0 Å². The summed E-state index contributed by atoms with van der Waals surface area (Å²) in [5.41, 5.74) is 18.7. The molecular weight excluding hydrogens is 1390 g/mol. The zero-order chi connectivity index (χ0) is 76.6. The highest BCUT2D eigenvalue weighted by molar-refractivity contribution is 5.27. The second kappa shape index (κ2) is 27.5. The number of aryl methyl sites for hydroxylation is 16. The number of nitrogens with zero attached hydrogens (tertiary/aromatic N) is 16. The molecule has 24 nitrogen and oxygen atoms in total. The first-order chi connectivity index (χ1) is 54.1. The minimum absolute atomic E-state index is 0.0584. The third kappa shape index (κ3) is 11.3. The summed E-state index contributed by atoms with van der Waals surface area (Å²) in [5, 5.41) is 85.0. The van der Waals surface area contributed by atoms with Gasteiger partial charge >= 0.3 is 0 Å². The van der Waals surface area contributed by atoms with Crippen molar-refractivity contribution in [1.29, 1.82) is 0 Å². The van der Waals surface area contributed by atoms with E-state index in [1.54, 1.807) is 0 Å². The molecule has 8 bridgehead atoms. The molecule has 8 N–H and O–H groups in total. The second-order valence-electron chi connectivity index (χ2n) is 39.1. The van der Waals surface area contributed by atoms with Crippen LogP contribution in [0.15, 0.2) is 48.5 Å². The SMILES string of the molecule is Cc1cc(C)n(C2C3CCCCC3C(n3nc(C)cc3C)C3C4NC(NC5NC(NC6NC(NC7NC(N4)C4C7C(n7nc(C)cc7C)C7CCCCC7C4n4nc(C)cc4C)C4C6C(n6nc(C)cc6C)C6CCCCC6C4n4nc(C)cc4C)C4C5C(n5nc(C)cc5C)C5CCCCC5C4n4nc(C)cc4C)C32)n1. The molecule has 24 heteroatoms. The first kappa shape index (κ1) is 73.0. The molecule has 0 amide bonds. The lowest BCUT2D eigenvalue weighted by Crippen LogP contribution is -2.62. The molecule has 5 saturated heterocycles. The summed E-state index contributed by atoms with van der Waals surface area (Å²) >= 11 is 0. The van der Waals surface area contributed by atoms with E-state index in [4.69, 9.17) is 83.3 Å². The molecule has 0 radical (unpaired) electrons. The van der Waals surface area contributed by atoms with Crippen molar-refractivity contribution in [3.63, 3.8) is 0 Å². The number of hydrogen-bond acceptors (Lipinski definition) is 16. The van der Waals surface area contributed by atoms with Gasteiger partial charge in [-0.05, 0) is 258 Å². The van der Waals surface area contributed by atoms with E-state index in [0.717, 1.165) is 96.9 Å². The molecule has 0 aromatic carbocycles. The normalized spacial score (nSPS) is 41.4. The molecule has 21 rings (SSSR count). The van der Waals surface area contributed by atoms with Gasteiger partial charge in [0, 0.05) is 92.9 Å². The zero-order valence-electron chi connectivity index (χ0n) is 69.6. The van der Waals surface area contributed by atoms with E-state index in [9.17, 15) is 0 Å². The van der Waals surface area contributed by atoms with E-state index in [1.807, 2.05) is 0 Å². The summed E-state index contributed by atoms with van der Waals surface area (Å²) in [6.07, 6.45) is 17.5. The van der Waals surface area contributed by atoms with Gasteiger partial charge in [0.15, 0.2) is 0 Å². The van der Waals surface area contributed by atoms with Crippen LogP contribution in [0.4, 0.5) is 0 Å². The van der Waals surface area contributed by atoms with Gasteiger partial charge in [-0.3, -0.25) is 80.0 Å². The van der Waals surface area contributed by atoms with E-state index in [-0.39, 0.29) is 145 Å². The summed E-state index contributed by atoms with van der Waals surface area (Å²) in [6.45, 7) is 36.6. The summed E-state index contributed by atoms with van der Waals surface area (Å²) in [5.74, 6) is 3.34. The van der Waals surface area contributed by atoms with Crippen LogP contribution < -0.4 is 42.5 Å². The summed E-state index contributed by atoms with van der Waals surface area (Å²) < 4.78 is 20.5. The molecule has 24 atom stereocenters. The molecule has 112 heavy (non-hydrogen) atoms. The van der Waals surface area contributed by atoms with Gasteiger partial charge in [-0.25, -0.2) is 0 Å². The fourth-order valence-corrected chi connectivity index (χ4v) is 29.7. The zero-order valence-corrected chi connectivity index (χ0v) is 69.6. The molecule has 0 spiro atoms. The van der Waals surface area contributed by atoms with Gasteiger partial charge in [-0.1, -0.05) is 51.4 Å². The molecular formula is C88H128N24. The maximum Gasteiger partial charge on any atom is 0.0650 e. The predicted octanol–water partition coefficient (Wildman–Crippen LogP) is 12.0. The van der Waals surface area contributed by atoms with Gasteiger partial charge in [0.25, 0.3) is 0 Å². The molecule has 8 saturated carbocycles. The van der Waals surface area contributed by atoms with Crippen molar-refractivity contribution in [3.05, 3.63) is 140 Å². The van der Waals surface area contributed by atoms with Crippen LogP contribution in [0.25, 0.3) is 0 Å². The van der Waals surface area contributed by atoms with Crippen molar-refractivity contribution in [1.82, 2.24) is 121 Å². The van der Waals surface area contributed by atoms with Crippen LogP contribution in [0, 0.1) is 205 Å². The first-order valence-corrected chi connectivity index (χ1v) is 44.4. The quantitative estimate of drug-likeness (QED) is 0.0706. The number of hydrogen-bond donors (Lipinski definition) is 8. The van der Waals surface area contributed by atoms with Crippen molar-refractivity contribution in [2.24, 2.45) is 94.7 Å². The Kier molecular flexibility index (Phi) is 17.9. The summed E-state index contributed by atoms with van der Waals surface area (Å²) in [7, 11) is 0. The summed E-state index contributed by atoms with van der Waals surface area (Å²) in [6, 6.07) is 19.6. The Morgan fingerprint density at radius 1 is 0.188 bits per heavy atom. The Morgan fingerprint density at radius 2 is 0.295 bits per heavy atom. The van der Waals surface area contributed by atoms with E-state index in [2.05, 4.69) is 197 Å². The Hall–Kier alpha value is -6.64. The largest absolute Gasteiger partial charge is 0.286 e. The van der Waals surface area contributed by atoms with Crippen LogP contribution >= 0.6 is 0 Å². The molecule has 8 aromatic heterocycles. The minimum atomic E-state index is -0.188. The highest BCUT2D eigenvalue weighted by Gasteiger charge is 2.70. The molecule has 600 valence electrons. The van der Waals surface area contributed by atoms with Gasteiger partial charge in [0.05, 0.1) is 143 Å². The van der Waals surface area contributed by atoms with Crippen molar-refractivity contribution < 1.29 is 0 Å². The van der Waals surface area contributed by atoms with Crippen LogP contribution in [0.2, 0.25) is 0 Å². The van der Waals surface area contributed by atoms with Crippen LogP contribution in [-0.4, -0.2) is 128 Å².